The van der Waals surface area contributed by atoms with E-state index < -0.39 is 0 Å². The average Bonchev–Trinajstić information content (AvgIpc) is 3.44. The van der Waals surface area contributed by atoms with E-state index in [4.69, 9.17) is 4.98 Å². The van der Waals surface area contributed by atoms with E-state index in [1.165, 1.54) is 19.3 Å². The highest BCUT2D eigenvalue weighted by atomic mass is 16.2. The Bertz CT molecular complexity index is 1060. The SMILES string of the molecule is O=C(C1CCC1)N1CCN(c2nc3ccccc3c3nnc(C4CC4)n23)CC1. The van der Waals surface area contributed by atoms with E-state index in [1.54, 1.807) is 0 Å². The molecule has 2 aromatic heterocycles. The van der Waals surface area contributed by atoms with Gasteiger partial charge in [0.25, 0.3) is 0 Å². The highest BCUT2D eigenvalue weighted by Crippen LogP contribution is 2.40. The third-order valence-corrected chi connectivity index (χ3v) is 6.52. The predicted molar refractivity (Wildman–Crippen MR) is 106 cm³/mol. The molecule has 7 nitrogen and oxygen atoms in total. The van der Waals surface area contributed by atoms with Crippen LogP contribution in [0, 0.1) is 5.92 Å². The number of carbonyl (C=O) groups is 1. The maximum Gasteiger partial charge on any atom is 0.225 e. The van der Waals surface area contributed by atoms with Crippen LogP contribution in [0.5, 0.6) is 0 Å². The molecular weight excluding hydrogens is 352 g/mol. The topological polar surface area (TPSA) is 66.6 Å². The van der Waals surface area contributed by atoms with E-state index in [0.717, 1.165) is 67.3 Å². The van der Waals surface area contributed by atoms with Crippen LogP contribution >= 0.6 is 0 Å². The van der Waals surface area contributed by atoms with Gasteiger partial charge in [-0.2, -0.15) is 0 Å². The molecule has 2 saturated carbocycles. The summed E-state index contributed by atoms with van der Waals surface area (Å²) >= 11 is 0. The molecule has 3 aliphatic rings. The molecule has 1 amide bonds. The highest BCUT2D eigenvalue weighted by Gasteiger charge is 2.34. The molecule has 1 aliphatic heterocycles. The summed E-state index contributed by atoms with van der Waals surface area (Å²) in [5.41, 5.74) is 1.85. The molecule has 3 heterocycles. The minimum Gasteiger partial charge on any atom is -0.339 e. The van der Waals surface area contributed by atoms with Gasteiger partial charge in [0, 0.05) is 43.4 Å². The van der Waals surface area contributed by atoms with Gasteiger partial charge in [0.05, 0.1) is 5.52 Å². The lowest BCUT2D eigenvalue weighted by Crippen LogP contribution is -2.51. The van der Waals surface area contributed by atoms with Gasteiger partial charge in [0.2, 0.25) is 11.9 Å². The summed E-state index contributed by atoms with van der Waals surface area (Å²) in [6.45, 7) is 3.15. The van der Waals surface area contributed by atoms with Gasteiger partial charge >= 0.3 is 0 Å². The van der Waals surface area contributed by atoms with Gasteiger partial charge in [-0.15, -0.1) is 10.2 Å². The van der Waals surface area contributed by atoms with Gasteiger partial charge < -0.3 is 9.80 Å². The van der Waals surface area contributed by atoms with Crippen LogP contribution in [0.1, 0.15) is 43.8 Å². The molecule has 1 aromatic carbocycles. The molecule has 144 valence electrons. The van der Waals surface area contributed by atoms with Crippen LogP contribution in [-0.2, 0) is 4.79 Å². The van der Waals surface area contributed by atoms with Gasteiger partial charge in [-0.25, -0.2) is 9.38 Å². The first kappa shape index (κ1) is 16.3. The zero-order chi connectivity index (χ0) is 18.7. The Balaban J connectivity index is 1.37. The standard InChI is InChI=1S/C21H24N6O/c28-20(15-4-3-5-15)25-10-12-26(13-11-25)21-22-17-7-2-1-6-16(17)19-24-23-18(27(19)21)14-8-9-14/h1-2,6-7,14-15H,3-5,8-13H2. The Morgan fingerprint density at radius 1 is 0.964 bits per heavy atom. The largest absolute Gasteiger partial charge is 0.339 e. The first-order valence-electron chi connectivity index (χ1n) is 10.5. The molecule has 3 aromatic rings. The Morgan fingerprint density at radius 3 is 2.46 bits per heavy atom. The molecule has 0 atom stereocenters. The summed E-state index contributed by atoms with van der Waals surface area (Å²) < 4.78 is 2.17. The fraction of sp³-hybridized carbons (Fsp3) is 0.524. The van der Waals surface area contributed by atoms with Crippen molar-refractivity contribution in [1.29, 1.82) is 0 Å². The van der Waals surface area contributed by atoms with Crippen LogP contribution in [0.2, 0.25) is 0 Å². The minimum atomic E-state index is 0.274. The summed E-state index contributed by atoms with van der Waals surface area (Å²) in [5, 5.41) is 10.1. The molecule has 7 heteroatoms. The lowest BCUT2D eigenvalue weighted by molar-refractivity contribution is -0.138. The van der Waals surface area contributed by atoms with Crippen LogP contribution in [-0.4, -0.2) is 56.6 Å². The Labute approximate surface area is 163 Å². The normalized spacial score (nSPS) is 20.7. The molecule has 0 N–H and O–H groups in total. The van der Waals surface area contributed by atoms with Gasteiger partial charge in [0.15, 0.2) is 5.65 Å². The Kier molecular flexibility index (Phi) is 3.58. The predicted octanol–water partition coefficient (Wildman–Crippen LogP) is 2.60. The summed E-state index contributed by atoms with van der Waals surface area (Å²) in [4.78, 5) is 21.9. The van der Waals surface area contributed by atoms with E-state index in [9.17, 15) is 4.79 Å². The van der Waals surface area contributed by atoms with Crippen LogP contribution in [0.4, 0.5) is 5.95 Å². The third-order valence-electron chi connectivity index (χ3n) is 6.52. The number of hydrogen-bond donors (Lipinski definition) is 0. The fourth-order valence-corrected chi connectivity index (χ4v) is 4.44. The fourth-order valence-electron chi connectivity index (χ4n) is 4.44. The van der Waals surface area contributed by atoms with Crippen molar-refractivity contribution in [2.75, 3.05) is 31.1 Å². The molecule has 28 heavy (non-hydrogen) atoms. The average molecular weight is 376 g/mol. The maximum absolute atomic E-state index is 12.6. The molecule has 2 aliphatic carbocycles. The lowest BCUT2D eigenvalue weighted by Gasteiger charge is -2.38. The monoisotopic (exact) mass is 376 g/mol. The van der Waals surface area contributed by atoms with Crippen LogP contribution in [0.25, 0.3) is 16.6 Å². The first-order valence-corrected chi connectivity index (χ1v) is 10.5. The number of para-hydroxylation sites is 1. The summed E-state index contributed by atoms with van der Waals surface area (Å²) in [5.74, 6) is 3.09. The third kappa shape index (κ3) is 2.48. The van der Waals surface area contributed by atoms with Crippen molar-refractivity contribution >= 4 is 28.4 Å². The van der Waals surface area contributed by atoms with Crippen LogP contribution in [0.3, 0.4) is 0 Å². The molecule has 6 rings (SSSR count). The number of anilines is 1. The number of benzene rings is 1. The second kappa shape index (κ2) is 6.15. The second-order valence-corrected chi connectivity index (χ2v) is 8.36. The van der Waals surface area contributed by atoms with Crippen molar-refractivity contribution in [3.05, 3.63) is 30.1 Å². The molecular formula is C21H24N6O. The van der Waals surface area contributed by atoms with Gasteiger partial charge in [0.1, 0.15) is 5.82 Å². The summed E-state index contributed by atoms with van der Waals surface area (Å²) in [6.07, 6.45) is 5.69. The van der Waals surface area contributed by atoms with E-state index >= 15 is 0 Å². The number of amides is 1. The molecule has 3 fully saturated rings. The molecule has 0 unspecified atom stereocenters. The quantitative estimate of drug-likeness (QED) is 0.703. The number of rotatable bonds is 3. The van der Waals surface area contributed by atoms with Crippen molar-refractivity contribution in [1.82, 2.24) is 24.5 Å². The zero-order valence-electron chi connectivity index (χ0n) is 15.9. The second-order valence-electron chi connectivity index (χ2n) is 8.36. The van der Waals surface area contributed by atoms with E-state index in [0.29, 0.717) is 11.8 Å². The Morgan fingerprint density at radius 2 is 1.75 bits per heavy atom. The molecule has 0 spiro atoms. The van der Waals surface area contributed by atoms with Crippen LogP contribution < -0.4 is 4.90 Å². The van der Waals surface area contributed by atoms with Gasteiger partial charge in [-0.05, 0) is 37.8 Å². The Hall–Kier alpha value is -2.70. The van der Waals surface area contributed by atoms with Crippen molar-refractivity contribution < 1.29 is 4.79 Å². The summed E-state index contributed by atoms with van der Waals surface area (Å²) in [6, 6.07) is 8.16. The van der Waals surface area contributed by atoms with Crippen molar-refractivity contribution in [2.24, 2.45) is 5.92 Å². The van der Waals surface area contributed by atoms with Crippen molar-refractivity contribution in [3.63, 3.8) is 0 Å². The van der Waals surface area contributed by atoms with Crippen molar-refractivity contribution in [3.8, 4) is 0 Å². The first-order chi connectivity index (χ1) is 13.8. The van der Waals surface area contributed by atoms with Gasteiger partial charge in [-0.1, -0.05) is 18.6 Å². The molecule has 1 saturated heterocycles. The maximum atomic E-state index is 12.6. The lowest BCUT2D eigenvalue weighted by atomic mass is 9.84. The van der Waals surface area contributed by atoms with E-state index in [1.807, 2.05) is 23.1 Å². The zero-order valence-corrected chi connectivity index (χ0v) is 15.9. The van der Waals surface area contributed by atoms with E-state index in [-0.39, 0.29) is 5.92 Å². The molecule has 0 bridgehead atoms. The number of aromatic nitrogens is 4. The molecule has 0 radical (unpaired) electrons. The van der Waals surface area contributed by atoms with Gasteiger partial charge in [-0.3, -0.25) is 4.79 Å². The smallest absolute Gasteiger partial charge is 0.225 e. The van der Waals surface area contributed by atoms with Crippen molar-refractivity contribution in [2.45, 2.75) is 38.0 Å². The highest BCUT2D eigenvalue weighted by molar-refractivity contribution is 5.92. The number of nitrogens with zero attached hydrogens (tertiary/aromatic N) is 6. The van der Waals surface area contributed by atoms with E-state index in [2.05, 4.69) is 25.6 Å². The number of carbonyl (C=O) groups excluding carboxylic acids is 1. The van der Waals surface area contributed by atoms with Crippen LogP contribution in [0.15, 0.2) is 24.3 Å². The number of fused-ring (bicyclic) bond motifs is 3. The summed E-state index contributed by atoms with van der Waals surface area (Å²) in [7, 11) is 0. The number of piperazine rings is 1. The number of hydrogen-bond acceptors (Lipinski definition) is 5. The minimum absolute atomic E-state index is 0.274.